The third kappa shape index (κ3) is 5.00. The Morgan fingerprint density at radius 2 is 2.18 bits per heavy atom. The van der Waals surface area contributed by atoms with Crippen LogP contribution in [0.25, 0.3) is 5.57 Å². The zero-order valence-electron chi connectivity index (χ0n) is 11.2. The molecule has 3 nitrogen and oxygen atoms in total. The Morgan fingerprint density at radius 3 is 2.76 bits per heavy atom. The maximum atomic E-state index is 5.83. The van der Waals surface area contributed by atoms with E-state index in [9.17, 15) is 0 Å². The van der Waals surface area contributed by atoms with E-state index >= 15 is 0 Å². The van der Waals surface area contributed by atoms with Gasteiger partial charge in [0.2, 0.25) is 0 Å². The molecule has 0 saturated heterocycles. The van der Waals surface area contributed by atoms with Crippen LogP contribution in [-0.2, 0) is 0 Å². The fourth-order valence-electron chi connectivity index (χ4n) is 1.60. The minimum absolute atomic E-state index is 0.176. The molecule has 0 saturated carbocycles. The molecule has 0 aliphatic heterocycles. The van der Waals surface area contributed by atoms with Crippen molar-refractivity contribution in [2.24, 2.45) is 0 Å². The first-order chi connectivity index (χ1) is 7.90. The van der Waals surface area contributed by atoms with Gasteiger partial charge >= 0.3 is 0 Å². The first-order valence-corrected chi connectivity index (χ1v) is 6.03. The predicted octanol–water partition coefficient (Wildman–Crippen LogP) is 2.85. The molecule has 94 valence electrons. The molecule has 0 atom stereocenters. The van der Waals surface area contributed by atoms with Crippen LogP contribution in [0.4, 0.5) is 5.82 Å². The second-order valence-corrected chi connectivity index (χ2v) is 5.29. The molecule has 0 bridgehead atoms. The molecule has 0 fully saturated rings. The van der Waals surface area contributed by atoms with Crippen molar-refractivity contribution in [1.29, 1.82) is 0 Å². The summed E-state index contributed by atoms with van der Waals surface area (Å²) >= 11 is 0. The summed E-state index contributed by atoms with van der Waals surface area (Å²) in [6, 6.07) is 3.92. The molecule has 17 heavy (non-hydrogen) atoms. The molecule has 0 aromatic carbocycles. The first-order valence-electron chi connectivity index (χ1n) is 6.03. The number of nitrogen functional groups attached to an aromatic ring is 1. The molecule has 0 aliphatic carbocycles. The summed E-state index contributed by atoms with van der Waals surface area (Å²) in [5.41, 5.74) is 8.22. The number of pyridine rings is 1. The van der Waals surface area contributed by atoms with Crippen LogP contribution in [0.1, 0.15) is 39.7 Å². The minimum atomic E-state index is 0.176. The van der Waals surface area contributed by atoms with E-state index in [1.54, 1.807) is 6.20 Å². The van der Waals surface area contributed by atoms with E-state index in [0.29, 0.717) is 5.82 Å². The quantitative estimate of drug-likeness (QED) is 0.786. The highest BCUT2D eigenvalue weighted by atomic mass is 14.9. The highest BCUT2D eigenvalue weighted by Gasteiger charge is 2.06. The number of hydrogen-bond donors (Lipinski definition) is 2. The molecule has 1 rings (SSSR count). The monoisotopic (exact) mass is 233 g/mol. The van der Waals surface area contributed by atoms with Crippen molar-refractivity contribution >= 4 is 11.4 Å². The number of nitrogens with two attached hydrogens (primary N) is 1. The van der Waals surface area contributed by atoms with Crippen molar-refractivity contribution in [3.8, 4) is 0 Å². The van der Waals surface area contributed by atoms with Crippen LogP contribution in [0.3, 0.4) is 0 Å². The maximum Gasteiger partial charge on any atom is 0.130 e. The zero-order chi connectivity index (χ0) is 12.9. The summed E-state index contributed by atoms with van der Waals surface area (Å²) in [6.45, 7) is 9.56. The topological polar surface area (TPSA) is 50.9 Å². The van der Waals surface area contributed by atoms with Crippen molar-refractivity contribution in [3.05, 3.63) is 30.0 Å². The summed E-state index contributed by atoms with van der Waals surface area (Å²) in [5.74, 6) is 0.602. The van der Waals surface area contributed by atoms with Crippen molar-refractivity contribution in [3.63, 3.8) is 0 Å². The van der Waals surface area contributed by atoms with E-state index in [2.05, 4.69) is 44.1 Å². The number of rotatable bonds is 4. The lowest BCUT2D eigenvalue weighted by Crippen LogP contribution is -2.36. The van der Waals surface area contributed by atoms with Crippen molar-refractivity contribution < 1.29 is 0 Å². The average Bonchev–Trinajstić information content (AvgIpc) is 2.23. The Labute approximate surface area is 104 Å². The summed E-state index contributed by atoms with van der Waals surface area (Å²) in [6.07, 6.45) is 4.91. The normalized spacial score (nSPS) is 12.8. The lowest BCUT2D eigenvalue weighted by molar-refractivity contribution is 0.431. The summed E-state index contributed by atoms with van der Waals surface area (Å²) < 4.78 is 0. The smallest absolute Gasteiger partial charge is 0.130 e. The standard InChI is InChI=1S/C14H23N3/c1-11(7-5-10-17-14(2,3)4)12-8-6-9-16-13(12)15/h6-9,17H,5,10H2,1-4H3,(H2,15,16). The fraction of sp³-hybridized carbons (Fsp3) is 0.500. The second-order valence-electron chi connectivity index (χ2n) is 5.29. The van der Waals surface area contributed by atoms with Crippen LogP contribution in [0, 0.1) is 0 Å². The summed E-state index contributed by atoms with van der Waals surface area (Å²) in [4.78, 5) is 4.09. The Kier molecular flexibility index (Phi) is 4.70. The number of nitrogens with one attached hydrogen (secondary N) is 1. The third-order valence-corrected chi connectivity index (χ3v) is 2.51. The van der Waals surface area contributed by atoms with Crippen LogP contribution < -0.4 is 11.1 Å². The first kappa shape index (κ1) is 13.7. The SMILES string of the molecule is CC(=CCCNC(C)(C)C)c1cccnc1N. The van der Waals surface area contributed by atoms with Crippen LogP contribution >= 0.6 is 0 Å². The Hall–Kier alpha value is -1.35. The van der Waals surface area contributed by atoms with Gasteiger partial charge in [-0.1, -0.05) is 6.08 Å². The van der Waals surface area contributed by atoms with Gasteiger partial charge in [0, 0.05) is 17.3 Å². The molecule has 0 aliphatic rings. The van der Waals surface area contributed by atoms with E-state index < -0.39 is 0 Å². The molecule has 0 spiro atoms. The Balaban J connectivity index is 2.53. The maximum absolute atomic E-state index is 5.83. The van der Waals surface area contributed by atoms with Crippen LogP contribution in [-0.4, -0.2) is 17.1 Å². The van der Waals surface area contributed by atoms with Crippen molar-refractivity contribution in [2.45, 2.75) is 39.7 Å². The summed E-state index contributed by atoms with van der Waals surface area (Å²) in [5, 5.41) is 3.45. The number of hydrogen-bond acceptors (Lipinski definition) is 3. The van der Waals surface area contributed by atoms with Gasteiger partial charge in [-0.05, 0) is 58.4 Å². The zero-order valence-corrected chi connectivity index (χ0v) is 11.2. The van der Waals surface area contributed by atoms with E-state index in [1.807, 2.05) is 12.1 Å². The van der Waals surface area contributed by atoms with Gasteiger partial charge in [0.1, 0.15) is 5.82 Å². The minimum Gasteiger partial charge on any atom is -0.383 e. The largest absolute Gasteiger partial charge is 0.383 e. The van der Waals surface area contributed by atoms with Crippen molar-refractivity contribution in [2.75, 3.05) is 12.3 Å². The van der Waals surface area contributed by atoms with Gasteiger partial charge in [0.15, 0.2) is 0 Å². The molecular formula is C14H23N3. The number of allylic oxidation sites excluding steroid dienone is 1. The fourth-order valence-corrected chi connectivity index (χ4v) is 1.60. The molecule has 0 unspecified atom stereocenters. The van der Waals surface area contributed by atoms with Gasteiger partial charge < -0.3 is 11.1 Å². The molecule has 3 heteroatoms. The second kappa shape index (κ2) is 5.82. The molecular weight excluding hydrogens is 210 g/mol. The Morgan fingerprint density at radius 1 is 1.47 bits per heavy atom. The van der Waals surface area contributed by atoms with Crippen molar-refractivity contribution in [1.82, 2.24) is 10.3 Å². The lowest BCUT2D eigenvalue weighted by atomic mass is 10.1. The van der Waals surface area contributed by atoms with Gasteiger partial charge in [-0.15, -0.1) is 0 Å². The Bertz CT molecular complexity index is 389. The highest BCUT2D eigenvalue weighted by Crippen LogP contribution is 2.18. The number of aromatic nitrogens is 1. The molecule has 1 heterocycles. The van der Waals surface area contributed by atoms with Gasteiger partial charge in [0.05, 0.1) is 0 Å². The average molecular weight is 233 g/mol. The van der Waals surface area contributed by atoms with Crippen LogP contribution in [0.15, 0.2) is 24.4 Å². The van der Waals surface area contributed by atoms with E-state index in [0.717, 1.165) is 18.5 Å². The molecule has 0 amide bonds. The van der Waals surface area contributed by atoms with Gasteiger partial charge in [-0.3, -0.25) is 0 Å². The molecule has 1 aromatic rings. The molecule has 0 radical (unpaired) electrons. The predicted molar refractivity (Wildman–Crippen MR) is 74.7 cm³/mol. The van der Waals surface area contributed by atoms with Gasteiger partial charge in [0.25, 0.3) is 0 Å². The van der Waals surface area contributed by atoms with E-state index in [1.165, 1.54) is 5.57 Å². The molecule has 3 N–H and O–H groups in total. The van der Waals surface area contributed by atoms with E-state index in [4.69, 9.17) is 5.73 Å². The van der Waals surface area contributed by atoms with Gasteiger partial charge in [-0.2, -0.15) is 0 Å². The highest BCUT2D eigenvalue weighted by molar-refractivity contribution is 5.71. The number of nitrogens with zero attached hydrogens (tertiary/aromatic N) is 1. The van der Waals surface area contributed by atoms with Crippen LogP contribution in [0.5, 0.6) is 0 Å². The lowest BCUT2D eigenvalue weighted by Gasteiger charge is -2.19. The number of anilines is 1. The van der Waals surface area contributed by atoms with Crippen LogP contribution in [0.2, 0.25) is 0 Å². The molecule has 1 aromatic heterocycles. The van der Waals surface area contributed by atoms with Gasteiger partial charge in [-0.25, -0.2) is 4.98 Å². The summed E-state index contributed by atoms with van der Waals surface area (Å²) in [7, 11) is 0. The third-order valence-electron chi connectivity index (χ3n) is 2.51. The van der Waals surface area contributed by atoms with E-state index in [-0.39, 0.29) is 5.54 Å².